The van der Waals surface area contributed by atoms with Gasteiger partial charge in [0.25, 0.3) is 0 Å². The molecule has 40 heavy (non-hydrogen) atoms. The Hall–Kier alpha value is -2.83. The van der Waals surface area contributed by atoms with Gasteiger partial charge >= 0.3 is 18.0 Å². The number of hydrogen-bond donors (Lipinski definition) is 2. The molecule has 0 radical (unpaired) electrons. The summed E-state index contributed by atoms with van der Waals surface area (Å²) in [6.07, 6.45) is 0. The van der Waals surface area contributed by atoms with Crippen molar-refractivity contribution in [1.29, 1.82) is 0 Å². The molecule has 0 bridgehead atoms. The highest BCUT2D eigenvalue weighted by Crippen LogP contribution is 2.44. The number of rotatable bonds is 9. The molecule has 218 valence electrons. The van der Waals surface area contributed by atoms with E-state index in [2.05, 4.69) is 30.3 Å². The molecule has 2 heterocycles. The number of carbonyl (C=O) groups is 4. The van der Waals surface area contributed by atoms with E-state index >= 15 is 0 Å². The van der Waals surface area contributed by atoms with Gasteiger partial charge in [0.2, 0.25) is 5.91 Å². The average Bonchev–Trinajstić information content (AvgIpc) is 3.47. The van der Waals surface area contributed by atoms with Crippen molar-refractivity contribution < 1.29 is 28.7 Å². The maximum absolute atomic E-state index is 13.4. The van der Waals surface area contributed by atoms with Gasteiger partial charge < -0.3 is 25.0 Å². The maximum Gasteiger partial charge on any atom is 0.338 e. The number of carbonyl (C=O) groups excluding carboxylic acids is 4. The fourth-order valence-corrected chi connectivity index (χ4v) is 7.10. The lowest BCUT2D eigenvalue weighted by atomic mass is 10.2. The first-order valence-electron chi connectivity index (χ1n) is 13.2. The molecule has 3 amide bonds. The summed E-state index contributed by atoms with van der Waals surface area (Å²) in [6, 6.07) is 9.87. The highest BCUT2D eigenvalue weighted by Gasteiger charge is 2.44. The number of ether oxygens (including phenoxy) is 2. The van der Waals surface area contributed by atoms with E-state index in [9.17, 15) is 19.2 Å². The van der Waals surface area contributed by atoms with Crippen molar-refractivity contribution >= 4 is 60.7 Å². The quantitative estimate of drug-likeness (QED) is 0.280. The van der Waals surface area contributed by atoms with Crippen LogP contribution < -0.4 is 10.6 Å². The zero-order chi connectivity index (χ0) is 29.7. The second-order valence-electron chi connectivity index (χ2n) is 11.8. The second kappa shape index (κ2) is 13.2. The molecule has 1 aliphatic rings. The molecule has 2 N–H and O–H groups in total. The van der Waals surface area contributed by atoms with Crippen LogP contribution in [0.4, 0.5) is 10.5 Å². The lowest BCUT2D eigenvalue weighted by molar-refractivity contribution is -0.163. The number of thiophene rings is 1. The fourth-order valence-electron chi connectivity index (χ4n) is 3.85. The molecule has 1 saturated heterocycles. The maximum atomic E-state index is 13.4. The molecular formula is C28H39N3O6S2Si. The monoisotopic (exact) mass is 605 g/mol. The summed E-state index contributed by atoms with van der Waals surface area (Å²) in [7, 11) is -1.33. The van der Waals surface area contributed by atoms with Gasteiger partial charge in [0, 0.05) is 29.3 Å². The molecule has 12 heteroatoms. The molecule has 0 spiro atoms. The van der Waals surface area contributed by atoms with Crippen LogP contribution in [0.15, 0.2) is 36.4 Å². The van der Waals surface area contributed by atoms with Crippen molar-refractivity contribution in [3.63, 3.8) is 0 Å². The van der Waals surface area contributed by atoms with E-state index in [0.29, 0.717) is 23.6 Å². The molecule has 1 aliphatic heterocycles. The van der Waals surface area contributed by atoms with E-state index in [1.165, 1.54) is 22.7 Å². The van der Waals surface area contributed by atoms with Crippen molar-refractivity contribution in [1.82, 2.24) is 10.2 Å². The van der Waals surface area contributed by atoms with Crippen molar-refractivity contribution in [3.8, 4) is 0 Å². The van der Waals surface area contributed by atoms with Crippen molar-refractivity contribution in [2.45, 2.75) is 70.4 Å². The number of nitrogens with zero attached hydrogens (tertiary/aromatic N) is 1. The zero-order valence-corrected chi connectivity index (χ0v) is 26.8. The normalized spacial score (nSPS) is 17.3. The molecule has 1 aromatic carbocycles. The summed E-state index contributed by atoms with van der Waals surface area (Å²) >= 11 is 3.07. The van der Waals surface area contributed by atoms with Crippen molar-refractivity contribution in [3.05, 3.63) is 51.7 Å². The Morgan fingerprint density at radius 1 is 1.10 bits per heavy atom. The Bertz CT molecular complexity index is 1240. The predicted octanol–water partition coefficient (Wildman–Crippen LogP) is 5.66. The smallest absolute Gasteiger partial charge is 0.338 e. The minimum absolute atomic E-state index is 0.315. The third kappa shape index (κ3) is 9.38. The van der Waals surface area contributed by atoms with E-state index in [4.69, 9.17) is 9.47 Å². The number of esters is 2. The number of anilines is 1. The number of amides is 3. The summed E-state index contributed by atoms with van der Waals surface area (Å²) in [5.74, 6) is -0.920. The largest absolute Gasteiger partial charge is 0.462 e. The van der Waals surface area contributed by atoms with Gasteiger partial charge in [-0.1, -0.05) is 25.7 Å². The molecule has 2 aromatic rings. The molecule has 1 fully saturated rings. The van der Waals surface area contributed by atoms with Gasteiger partial charge in [0.05, 0.1) is 18.7 Å². The van der Waals surface area contributed by atoms with Gasteiger partial charge in [0.15, 0.2) is 0 Å². The standard InChI is InChI=1S/C28H39N3O6S2Si/c1-18-11-12-22(39-18)24-31(21(17-38-24)26(34)37-28(2,3)4)23(32)16-29-27(35)30-20-10-8-9-19(15-20)25(33)36-13-14-40(5,6)7/h8-12,15,21,24H,13-14,16-17H2,1-7H3,(H2,29,30,35)/t21-,24?/m0/s1. The van der Waals surface area contributed by atoms with E-state index in [1.807, 2.05) is 19.1 Å². The van der Waals surface area contributed by atoms with Crippen LogP contribution in [-0.4, -0.2) is 67.4 Å². The van der Waals surface area contributed by atoms with Crippen LogP contribution in [-0.2, 0) is 19.1 Å². The fraction of sp³-hybridized carbons (Fsp3) is 0.500. The average molecular weight is 606 g/mol. The van der Waals surface area contributed by atoms with Crippen LogP contribution in [0, 0.1) is 6.92 Å². The third-order valence-electron chi connectivity index (χ3n) is 5.81. The summed E-state index contributed by atoms with van der Waals surface area (Å²) in [6.45, 7) is 14.0. The SMILES string of the molecule is Cc1ccc(C2SC[C@@H](C(=O)OC(C)(C)C)N2C(=O)CNC(=O)Nc2cccc(C(=O)OCC[Si](C)(C)C)c2)s1. The number of urea groups is 1. The first kappa shape index (κ1) is 31.7. The zero-order valence-electron chi connectivity index (χ0n) is 24.2. The van der Waals surface area contributed by atoms with Crippen molar-refractivity contribution in [2.24, 2.45) is 0 Å². The van der Waals surface area contributed by atoms with E-state index in [-0.39, 0.29) is 11.9 Å². The Balaban J connectivity index is 1.63. The number of hydrogen-bond acceptors (Lipinski definition) is 8. The second-order valence-corrected chi connectivity index (χ2v) is 19.9. The van der Waals surface area contributed by atoms with Crippen LogP contribution in [0.1, 0.15) is 46.3 Å². The van der Waals surface area contributed by atoms with Gasteiger partial charge in [-0.3, -0.25) is 4.79 Å². The summed E-state index contributed by atoms with van der Waals surface area (Å²) in [5.41, 5.74) is 0.0225. The van der Waals surface area contributed by atoms with Crippen LogP contribution >= 0.6 is 23.1 Å². The Morgan fingerprint density at radius 3 is 2.45 bits per heavy atom. The Kier molecular flexibility index (Phi) is 10.5. The van der Waals surface area contributed by atoms with Gasteiger partial charge in [0.1, 0.15) is 17.0 Å². The Labute approximate surface area is 245 Å². The van der Waals surface area contributed by atoms with E-state index in [1.54, 1.807) is 50.3 Å². The summed E-state index contributed by atoms with van der Waals surface area (Å²) < 4.78 is 11.0. The number of benzene rings is 1. The number of nitrogens with one attached hydrogen (secondary N) is 2. The number of thioether (sulfide) groups is 1. The van der Waals surface area contributed by atoms with Crippen LogP contribution in [0.5, 0.6) is 0 Å². The van der Waals surface area contributed by atoms with Gasteiger partial charge in [-0.25, -0.2) is 14.4 Å². The minimum Gasteiger partial charge on any atom is -0.462 e. The number of aryl methyl sites for hydroxylation is 1. The molecule has 3 rings (SSSR count). The molecule has 9 nitrogen and oxygen atoms in total. The van der Waals surface area contributed by atoms with E-state index in [0.717, 1.165) is 15.8 Å². The first-order valence-corrected chi connectivity index (χ1v) is 18.7. The lowest BCUT2D eigenvalue weighted by Gasteiger charge is -2.30. The minimum atomic E-state index is -1.33. The van der Waals surface area contributed by atoms with Crippen LogP contribution in [0.3, 0.4) is 0 Å². The summed E-state index contributed by atoms with van der Waals surface area (Å²) in [5, 5.41) is 4.89. The van der Waals surface area contributed by atoms with Gasteiger partial charge in [-0.15, -0.1) is 23.1 Å². The van der Waals surface area contributed by atoms with Crippen molar-refractivity contribution in [2.75, 3.05) is 24.2 Å². The van der Waals surface area contributed by atoms with Crippen LogP contribution in [0.2, 0.25) is 25.7 Å². The predicted molar refractivity (Wildman–Crippen MR) is 163 cm³/mol. The lowest BCUT2D eigenvalue weighted by Crippen LogP contribution is -2.49. The van der Waals surface area contributed by atoms with Crippen LogP contribution in [0.25, 0.3) is 0 Å². The van der Waals surface area contributed by atoms with Gasteiger partial charge in [-0.2, -0.15) is 0 Å². The molecular weight excluding hydrogens is 567 g/mol. The molecule has 1 aromatic heterocycles. The molecule has 1 unspecified atom stereocenters. The Morgan fingerprint density at radius 2 is 1.82 bits per heavy atom. The van der Waals surface area contributed by atoms with E-state index < -0.39 is 43.6 Å². The first-order chi connectivity index (χ1) is 18.6. The molecule has 0 aliphatic carbocycles. The highest BCUT2D eigenvalue weighted by molar-refractivity contribution is 7.99. The molecule has 0 saturated carbocycles. The third-order valence-corrected chi connectivity index (χ3v) is 10.0. The highest BCUT2D eigenvalue weighted by atomic mass is 32.2. The molecule has 2 atom stereocenters. The van der Waals surface area contributed by atoms with Gasteiger partial charge in [-0.05, 0) is 64.1 Å². The summed E-state index contributed by atoms with van der Waals surface area (Å²) in [4.78, 5) is 55.0. The topological polar surface area (TPSA) is 114 Å².